The van der Waals surface area contributed by atoms with Gasteiger partial charge in [0.25, 0.3) is 0 Å². The first-order chi connectivity index (χ1) is 11.8. The second-order valence-electron chi connectivity index (χ2n) is 6.34. The van der Waals surface area contributed by atoms with Gasteiger partial charge in [-0.3, -0.25) is 0 Å². The topological polar surface area (TPSA) is 50.3 Å². The van der Waals surface area contributed by atoms with E-state index in [1.54, 1.807) is 6.33 Å². The van der Waals surface area contributed by atoms with Crippen molar-refractivity contribution in [2.45, 2.75) is 32.6 Å². The number of nitrogens with zero attached hydrogens (tertiary/aromatic N) is 3. The number of fused-ring (bicyclic) bond motifs is 1. The molecule has 24 heavy (non-hydrogen) atoms. The monoisotopic (exact) mass is 328 g/mol. The van der Waals surface area contributed by atoms with Gasteiger partial charge in [-0.25, -0.2) is 9.97 Å². The summed E-state index contributed by atoms with van der Waals surface area (Å²) in [7, 11) is 0. The maximum absolute atomic E-state index is 5.92. The molecule has 2 aromatic rings. The van der Waals surface area contributed by atoms with Crippen LogP contribution in [0.3, 0.4) is 0 Å². The summed E-state index contributed by atoms with van der Waals surface area (Å²) < 4.78 is 5.92. The summed E-state index contributed by atoms with van der Waals surface area (Å²) in [6.07, 6.45) is 3.99. The molecular weight excluding hydrogens is 300 g/mol. The molecule has 2 heterocycles. The van der Waals surface area contributed by atoms with E-state index in [0.717, 1.165) is 56.8 Å². The lowest BCUT2D eigenvalue weighted by atomic mass is 9.92. The van der Waals surface area contributed by atoms with Gasteiger partial charge in [-0.1, -0.05) is 13.8 Å². The predicted octanol–water partition coefficient (Wildman–Crippen LogP) is 2.82. The maximum atomic E-state index is 5.92. The smallest absolute Gasteiger partial charge is 0.121 e. The van der Waals surface area contributed by atoms with Crippen molar-refractivity contribution in [2.24, 2.45) is 0 Å². The van der Waals surface area contributed by atoms with Crippen LogP contribution in [0.15, 0.2) is 24.5 Å². The normalized spacial score (nSPS) is 16.0. The molecule has 0 spiro atoms. The van der Waals surface area contributed by atoms with Crippen LogP contribution in [0.1, 0.15) is 38.3 Å². The summed E-state index contributed by atoms with van der Waals surface area (Å²) in [4.78, 5) is 11.4. The van der Waals surface area contributed by atoms with Crippen molar-refractivity contribution in [3.8, 4) is 5.75 Å². The Labute approximate surface area is 144 Å². The van der Waals surface area contributed by atoms with E-state index in [1.807, 2.05) is 6.07 Å². The minimum atomic E-state index is 0.534. The van der Waals surface area contributed by atoms with E-state index in [-0.39, 0.29) is 0 Å². The molecule has 0 saturated carbocycles. The number of likely N-dealkylation sites (N-methyl/N-ethyl adjacent to an activating group) is 1. The number of benzene rings is 1. The van der Waals surface area contributed by atoms with Gasteiger partial charge in [-0.15, -0.1) is 0 Å². The van der Waals surface area contributed by atoms with Crippen molar-refractivity contribution in [2.75, 3.05) is 39.3 Å². The molecule has 0 amide bonds. The van der Waals surface area contributed by atoms with Gasteiger partial charge in [0.05, 0.1) is 11.2 Å². The molecule has 0 atom stereocenters. The minimum absolute atomic E-state index is 0.534. The van der Waals surface area contributed by atoms with E-state index in [2.05, 4.69) is 46.2 Å². The van der Waals surface area contributed by atoms with Crippen LogP contribution in [0.25, 0.3) is 10.9 Å². The fourth-order valence-corrected chi connectivity index (χ4v) is 3.40. The second kappa shape index (κ2) is 8.40. The third-order valence-corrected chi connectivity index (χ3v) is 4.94. The maximum Gasteiger partial charge on any atom is 0.121 e. The van der Waals surface area contributed by atoms with Crippen molar-refractivity contribution in [1.82, 2.24) is 20.2 Å². The SMILES string of the molecule is CCN(CC)CCOc1ccc2c(C3CCNCC3)ncnc2c1. The fraction of sp³-hybridized carbons (Fsp3) is 0.579. The van der Waals surface area contributed by atoms with Crippen LogP contribution in [-0.2, 0) is 0 Å². The standard InChI is InChI=1S/C19H28N4O/c1-3-23(4-2)11-12-24-16-5-6-17-18(13-16)21-14-22-19(17)15-7-9-20-10-8-15/h5-6,13-15,20H,3-4,7-12H2,1-2H3. The van der Waals surface area contributed by atoms with Crippen molar-refractivity contribution < 1.29 is 4.74 Å². The van der Waals surface area contributed by atoms with Gasteiger partial charge in [-0.05, 0) is 51.2 Å². The van der Waals surface area contributed by atoms with E-state index in [9.17, 15) is 0 Å². The van der Waals surface area contributed by atoms with E-state index in [4.69, 9.17) is 4.74 Å². The van der Waals surface area contributed by atoms with Gasteiger partial charge in [0.1, 0.15) is 18.7 Å². The number of hydrogen-bond donors (Lipinski definition) is 1. The first-order valence-electron chi connectivity index (χ1n) is 9.12. The molecule has 1 saturated heterocycles. The molecule has 0 bridgehead atoms. The van der Waals surface area contributed by atoms with Crippen molar-refractivity contribution in [3.63, 3.8) is 0 Å². The summed E-state index contributed by atoms with van der Waals surface area (Å²) in [5, 5.41) is 4.58. The number of hydrogen-bond acceptors (Lipinski definition) is 5. The van der Waals surface area contributed by atoms with Crippen LogP contribution in [0.5, 0.6) is 5.75 Å². The Kier molecular flexibility index (Phi) is 5.99. The molecule has 130 valence electrons. The van der Waals surface area contributed by atoms with Crippen molar-refractivity contribution >= 4 is 10.9 Å². The predicted molar refractivity (Wildman–Crippen MR) is 97.7 cm³/mol. The average molecular weight is 328 g/mol. The minimum Gasteiger partial charge on any atom is -0.492 e. The molecule has 0 unspecified atom stereocenters. The highest BCUT2D eigenvalue weighted by molar-refractivity contribution is 5.82. The molecule has 0 radical (unpaired) electrons. The fourth-order valence-electron chi connectivity index (χ4n) is 3.40. The number of rotatable bonds is 7. The molecule has 1 aliphatic rings. The van der Waals surface area contributed by atoms with Gasteiger partial charge in [0.2, 0.25) is 0 Å². The second-order valence-corrected chi connectivity index (χ2v) is 6.34. The van der Waals surface area contributed by atoms with Gasteiger partial charge < -0.3 is 15.0 Å². The highest BCUT2D eigenvalue weighted by atomic mass is 16.5. The quantitative estimate of drug-likeness (QED) is 0.847. The Hall–Kier alpha value is -1.72. The molecule has 3 rings (SSSR count). The lowest BCUT2D eigenvalue weighted by Gasteiger charge is -2.23. The van der Waals surface area contributed by atoms with Crippen LogP contribution < -0.4 is 10.1 Å². The van der Waals surface area contributed by atoms with E-state index in [0.29, 0.717) is 12.5 Å². The van der Waals surface area contributed by atoms with Crippen molar-refractivity contribution in [1.29, 1.82) is 0 Å². The summed E-state index contributed by atoms with van der Waals surface area (Å²) in [5.74, 6) is 1.43. The molecule has 0 aliphatic carbocycles. The van der Waals surface area contributed by atoms with Gasteiger partial charge in [0, 0.05) is 23.9 Å². The highest BCUT2D eigenvalue weighted by Gasteiger charge is 2.19. The molecular formula is C19H28N4O. The summed E-state index contributed by atoms with van der Waals surface area (Å²) in [5.41, 5.74) is 2.18. The summed E-state index contributed by atoms with van der Waals surface area (Å²) >= 11 is 0. The zero-order valence-corrected chi connectivity index (χ0v) is 14.8. The first-order valence-corrected chi connectivity index (χ1v) is 9.12. The van der Waals surface area contributed by atoms with Crippen LogP contribution in [0, 0.1) is 0 Å². The lowest BCUT2D eigenvalue weighted by Crippen LogP contribution is -2.27. The average Bonchev–Trinajstić information content (AvgIpc) is 2.65. The lowest BCUT2D eigenvalue weighted by molar-refractivity contribution is 0.223. The summed E-state index contributed by atoms with van der Waals surface area (Å²) in [6.45, 7) is 10.3. The molecule has 5 nitrogen and oxygen atoms in total. The van der Waals surface area contributed by atoms with Crippen LogP contribution in [-0.4, -0.2) is 54.2 Å². The van der Waals surface area contributed by atoms with Gasteiger partial charge in [0.15, 0.2) is 0 Å². The van der Waals surface area contributed by atoms with Crippen LogP contribution in [0.4, 0.5) is 0 Å². The zero-order valence-electron chi connectivity index (χ0n) is 14.8. The molecule has 1 aliphatic heterocycles. The molecule has 1 fully saturated rings. The number of aromatic nitrogens is 2. The zero-order chi connectivity index (χ0) is 16.8. The number of nitrogens with one attached hydrogen (secondary N) is 1. The molecule has 5 heteroatoms. The van der Waals surface area contributed by atoms with Crippen LogP contribution in [0.2, 0.25) is 0 Å². The van der Waals surface area contributed by atoms with Gasteiger partial charge in [-0.2, -0.15) is 0 Å². The first kappa shape index (κ1) is 17.1. The van der Waals surface area contributed by atoms with E-state index < -0.39 is 0 Å². The largest absolute Gasteiger partial charge is 0.492 e. The summed E-state index contributed by atoms with van der Waals surface area (Å²) in [6, 6.07) is 6.22. The Morgan fingerprint density at radius 1 is 1.17 bits per heavy atom. The molecule has 1 aromatic heterocycles. The van der Waals surface area contributed by atoms with E-state index >= 15 is 0 Å². The molecule has 1 aromatic carbocycles. The van der Waals surface area contributed by atoms with Gasteiger partial charge >= 0.3 is 0 Å². The Morgan fingerprint density at radius 2 is 1.96 bits per heavy atom. The van der Waals surface area contributed by atoms with E-state index in [1.165, 1.54) is 11.1 Å². The van der Waals surface area contributed by atoms with Crippen LogP contribution >= 0.6 is 0 Å². The third-order valence-electron chi connectivity index (χ3n) is 4.94. The number of ether oxygens (including phenoxy) is 1. The Balaban J connectivity index is 1.72. The third kappa shape index (κ3) is 4.02. The highest BCUT2D eigenvalue weighted by Crippen LogP contribution is 2.30. The Morgan fingerprint density at radius 3 is 2.71 bits per heavy atom. The molecule has 1 N–H and O–H groups in total. The number of piperidine rings is 1. The Bertz CT molecular complexity index is 651. The van der Waals surface area contributed by atoms with Crippen molar-refractivity contribution in [3.05, 3.63) is 30.2 Å².